The molecule has 0 N–H and O–H groups in total. The van der Waals surface area contributed by atoms with Gasteiger partial charge in [0.15, 0.2) is 0 Å². The molecule has 0 saturated carbocycles. The van der Waals surface area contributed by atoms with Crippen molar-refractivity contribution in [2.45, 2.75) is 6.92 Å². The van der Waals surface area contributed by atoms with Crippen molar-refractivity contribution in [2.75, 3.05) is 64.0 Å². The van der Waals surface area contributed by atoms with E-state index in [9.17, 15) is 4.79 Å². The highest BCUT2D eigenvalue weighted by Crippen LogP contribution is 2.41. The maximum absolute atomic E-state index is 12.8. The minimum Gasteiger partial charge on any atom is -0.501 e. The van der Waals surface area contributed by atoms with E-state index >= 15 is 0 Å². The van der Waals surface area contributed by atoms with Gasteiger partial charge in [0.25, 0.3) is 0 Å². The summed E-state index contributed by atoms with van der Waals surface area (Å²) in [5.74, 6) is -0.763. The lowest BCUT2D eigenvalue weighted by Crippen LogP contribution is -2.95. The number of carbonyl (C=O) groups excluding carboxylic acids is 1. The lowest BCUT2D eigenvalue weighted by atomic mass is 10.4. The summed E-state index contributed by atoms with van der Waals surface area (Å²) >= 11 is 0. The van der Waals surface area contributed by atoms with Crippen LogP contribution in [0.5, 0.6) is 0 Å². The first-order valence-corrected chi connectivity index (χ1v) is 18.1. The van der Waals surface area contributed by atoms with Crippen LogP contribution < -0.4 is 0 Å². The normalized spacial score (nSPS) is 13.5. The Kier molecular flexibility index (Phi) is 11.1. The molecule has 0 heterocycles. The van der Waals surface area contributed by atoms with Gasteiger partial charge in [-0.3, -0.25) is 0 Å². The fourth-order valence-corrected chi connectivity index (χ4v) is 48.8. The largest absolute Gasteiger partial charge is 0.529 e. The molecule has 0 rings (SSSR count). The Hall–Kier alpha value is -0.282. The van der Waals surface area contributed by atoms with Gasteiger partial charge >= 0.3 is 37.8 Å². The second-order valence-corrected chi connectivity index (χ2v) is 30.3. The molecule has 0 spiro atoms. The first-order chi connectivity index (χ1) is 13.1. The van der Waals surface area contributed by atoms with Crippen molar-refractivity contribution in [1.82, 2.24) is 0 Å². The molecule has 0 unspecified atom stereocenters. The Balaban J connectivity index is 7.61. The van der Waals surface area contributed by atoms with Crippen molar-refractivity contribution in [1.29, 1.82) is 0 Å². The maximum Gasteiger partial charge on any atom is 0.529 e. The number of rotatable bonds is 14. The van der Waals surface area contributed by atoms with E-state index in [0.717, 1.165) is 0 Å². The average Bonchev–Trinajstić information content (AvgIpc) is 2.72. The van der Waals surface area contributed by atoms with Crippen LogP contribution in [-0.2, 0) is 49.1 Å². The standard InChI is InChI=1S/C13H32O11Si4/c1-12(2)13(14)24-28(25(15-3,16-4)17-5,26(18-6,19-7)20-8)27(21-9,22-10)23-11/h1H2,2-11H3. The summed E-state index contributed by atoms with van der Waals surface area (Å²) < 4.78 is 57.8. The van der Waals surface area contributed by atoms with E-state index in [1.54, 1.807) is 0 Å². The molecule has 0 aliphatic rings. The fourth-order valence-electron chi connectivity index (χ4n) is 3.02. The van der Waals surface area contributed by atoms with Crippen LogP contribution in [0.15, 0.2) is 12.2 Å². The summed E-state index contributed by atoms with van der Waals surface area (Å²) in [6, 6.07) is 0. The molecule has 0 saturated heterocycles. The van der Waals surface area contributed by atoms with Crippen LogP contribution in [0, 0.1) is 0 Å². The van der Waals surface area contributed by atoms with Crippen molar-refractivity contribution in [3.63, 3.8) is 0 Å². The van der Waals surface area contributed by atoms with Gasteiger partial charge in [-0.05, 0) is 6.92 Å². The number of hydrogen-bond donors (Lipinski definition) is 0. The molecule has 0 aliphatic heterocycles. The lowest BCUT2D eigenvalue weighted by Gasteiger charge is -2.49. The quantitative estimate of drug-likeness (QED) is 0.248. The number of carbonyl (C=O) groups is 1. The third-order valence-corrected chi connectivity index (χ3v) is 42.9. The molecule has 0 fully saturated rings. The van der Waals surface area contributed by atoms with Crippen molar-refractivity contribution in [3.05, 3.63) is 12.2 Å². The molecule has 0 aromatic heterocycles. The molecular weight excluding hydrogens is 444 g/mol. The Morgan fingerprint density at radius 1 is 0.571 bits per heavy atom. The van der Waals surface area contributed by atoms with E-state index in [1.807, 2.05) is 0 Å². The number of hydrogen-bond acceptors (Lipinski definition) is 11. The molecule has 0 amide bonds. The summed E-state index contributed by atoms with van der Waals surface area (Å²) in [6.07, 6.45) is 0. The summed E-state index contributed by atoms with van der Waals surface area (Å²) in [5.41, 5.74) is 0.112. The lowest BCUT2D eigenvalue weighted by molar-refractivity contribution is -0.131. The summed E-state index contributed by atoms with van der Waals surface area (Å²) in [4.78, 5) is 12.8. The molecule has 0 aliphatic carbocycles. The molecule has 0 aromatic carbocycles. The third-order valence-electron chi connectivity index (χ3n) is 4.31. The summed E-state index contributed by atoms with van der Waals surface area (Å²) in [6.45, 7) is 0.879. The Morgan fingerprint density at radius 3 is 0.929 bits per heavy atom. The van der Waals surface area contributed by atoms with E-state index < -0.39 is 37.8 Å². The first kappa shape index (κ1) is 27.7. The van der Waals surface area contributed by atoms with Crippen LogP contribution in [0.2, 0.25) is 0 Å². The molecule has 166 valence electrons. The molecule has 0 radical (unpaired) electrons. The van der Waals surface area contributed by atoms with E-state index in [-0.39, 0.29) is 5.57 Å². The SMILES string of the molecule is C=C(C)C(=O)O[Si]([Si](OC)(OC)OC)([Si](OC)(OC)OC)[Si](OC)(OC)OC. The molecule has 11 nitrogen and oxygen atoms in total. The van der Waals surface area contributed by atoms with Gasteiger partial charge in [0.05, 0.1) is 0 Å². The molecular formula is C13H32O11Si4. The van der Waals surface area contributed by atoms with Gasteiger partial charge in [-0.2, -0.15) is 0 Å². The monoisotopic (exact) mass is 476 g/mol. The third kappa shape index (κ3) is 3.99. The van der Waals surface area contributed by atoms with Gasteiger partial charge in [-0.15, -0.1) is 0 Å². The molecule has 15 heteroatoms. The van der Waals surface area contributed by atoms with E-state index in [2.05, 4.69) is 6.58 Å². The smallest absolute Gasteiger partial charge is 0.501 e. The van der Waals surface area contributed by atoms with Crippen LogP contribution in [0.1, 0.15) is 6.92 Å². The zero-order chi connectivity index (χ0) is 22.2. The molecule has 0 atom stereocenters. The van der Waals surface area contributed by atoms with E-state index in [0.29, 0.717) is 0 Å². The molecule has 0 bridgehead atoms. The van der Waals surface area contributed by atoms with Crippen molar-refractivity contribution in [2.24, 2.45) is 0 Å². The highest BCUT2D eigenvalue weighted by molar-refractivity contribution is 7.81. The molecule has 0 aromatic rings. The zero-order valence-corrected chi connectivity index (χ0v) is 22.2. The summed E-state index contributed by atoms with van der Waals surface area (Å²) in [5, 5.41) is 0. The topological polar surface area (TPSA) is 109 Å². The first-order valence-electron chi connectivity index (χ1n) is 7.98. The molecule has 28 heavy (non-hydrogen) atoms. The second-order valence-electron chi connectivity index (χ2n) is 5.36. The maximum atomic E-state index is 12.8. The van der Waals surface area contributed by atoms with Gasteiger partial charge in [0.1, 0.15) is 0 Å². The van der Waals surface area contributed by atoms with Gasteiger partial charge in [-0.25, -0.2) is 4.79 Å². The van der Waals surface area contributed by atoms with Crippen molar-refractivity contribution >= 4 is 37.8 Å². The van der Waals surface area contributed by atoms with Crippen LogP contribution in [0.25, 0.3) is 0 Å². The van der Waals surface area contributed by atoms with Gasteiger partial charge < -0.3 is 44.3 Å². The van der Waals surface area contributed by atoms with Crippen LogP contribution in [0.4, 0.5) is 0 Å². The van der Waals surface area contributed by atoms with Crippen LogP contribution in [-0.4, -0.2) is 102 Å². The second kappa shape index (κ2) is 11.2. The predicted molar refractivity (Wildman–Crippen MR) is 107 cm³/mol. The Labute approximate surface area is 170 Å². The minimum absolute atomic E-state index is 0.112. The zero-order valence-electron chi connectivity index (χ0n) is 18.2. The van der Waals surface area contributed by atoms with Crippen LogP contribution in [0.3, 0.4) is 0 Å². The predicted octanol–water partition coefficient (Wildman–Crippen LogP) is -0.0793. The highest BCUT2D eigenvalue weighted by atomic mass is 30.0. The van der Waals surface area contributed by atoms with Crippen LogP contribution >= 0.6 is 0 Å². The van der Waals surface area contributed by atoms with Crippen molar-refractivity contribution < 1.29 is 49.1 Å². The van der Waals surface area contributed by atoms with Gasteiger partial charge in [-0.1, -0.05) is 6.58 Å². The Bertz CT molecular complexity index is 446. The minimum atomic E-state index is -4.25. The van der Waals surface area contributed by atoms with E-state index in [4.69, 9.17) is 44.3 Å². The highest BCUT2D eigenvalue weighted by Gasteiger charge is 2.96. The van der Waals surface area contributed by atoms with Gasteiger partial charge in [0, 0.05) is 69.6 Å². The van der Waals surface area contributed by atoms with Gasteiger partial charge in [0.2, 0.25) is 0 Å². The van der Waals surface area contributed by atoms with Crippen molar-refractivity contribution in [3.8, 4) is 0 Å². The fraction of sp³-hybridized carbons (Fsp3) is 0.769. The summed E-state index contributed by atoms with van der Waals surface area (Å²) in [7, 11) is 0.290. The van der Waals surface area contributed by atoms with E-state index in [1.165, 1.54) is 70.9 Å². The average molecular weight is 477 g/mol. The Morgan fingerprint density at radius 2 is 0.786 bits per heavy atom.